The first-order chi connectivity index (χ1) is 10.2. The molecule has 0 spiro atoms. The minimum Gasteiger partial charge on any atom is -0.234 e. The van der Waals surface area contributed by atoms with Gasteiger partial charge in [-0.3, -0.25) is 0 Å². The Labute approximate surface area is 123 Å². The van der Waals surface area contributed by atoms with E-state index < -0.39 is 0 Å². The van der Waals surface area contributed by atoms with Crippen molar-refractivity contribution >= 4 is 0 Å². The van der Waals surface area contributed by atoms with Crippen molar-refractivity contribution in [3.63, 3.8) is 0 Å². The van der Waals surface area contributed by atoms with Gasteiger partial charge in [0.15, 0.2) is 11.6 Å². The number of nitrogens with zero attached hydrogens (tertiary/aromatic N) is 4. The molecule has 3 aliphatic carbocycles. The fourth-order valence-corrected chi connectivity index (χ4v) is 3.20. The zero-order chi connectivity index (χ0) is 14.3. The highest BCUT2D eigenvalue weighted by atomic mass is 15.0. The molecule has 0 saturated heterocycles. The van der Waals surface area contributed by atoms with E-state index in [-0.39, 0.29) is 10.8 Å². The Kier molecular flexibility index (Phi) is 2.37. The minimum atomic E-state index is 0.160. The number of hydrogen-bond acceptors (Lipinski definition) is 4. The normalized spacial score (nSPS) is 28.3. The highest BCUT2D eigenvalue weighted by molar-refractivity contribution is 5.45. The summed E-state index contributed by atoms with van der Waals surface area (Å²) in [5.74, 6) is 10.4. The van der Waals surface area contributed by atoms with Crippen LogP contribution in [0.2, 0.25) is 0 Å². The van der Waals surface area contributed by atoms with Crippen LogP contribution >= 0.6 is 0 Å². The standard InChI is InChI=1S/C17H12N4/c1-2-16-10-17(11-16,12-16)5-4-13-8-20-15(21-9-13)14-18-6-3-7-19-14/h1,3,6-9H,10-12H2. The number of rotatable bonds is 1. The Hall–Kier alpha value is -2.72. The highest BCUT2D eigenvalue weighted by Crippen LogP contribution is 2.72. The van der Waals surface area contributed by atoms with Crippen molar-refractivity contribution in [3.8, 4) is 35.8 Å². The van der Waals surface area contributed by atoms with E-state index in [2.05, 4.69) is 37.7 Å². The van der Waals surface area contributed by atoms with Gasteiger partial charge in [-0.15, -0.1) is 6.42 Å². The molecule has 0 unspecified atom stereocenters. The minimum absolute atomic E-state index is 0.160. The van der Waals surface area contributed by atoms with Gasteiger partial charge in [0.25, 0.3) is 0 Å². The van der Waals surface area contributed by atoms with Crippen LogP contribution < -0.4 is 0 Å². The van der Waals surface area contributed by atoms with Crippen LogP contribution in [0.1, 0.15) is 24.8 Å². The van der Waals surface area contributed by atoms with Crippen molar-refractivity contribution in [2.75, 3.05) is 0 Å². The maximum absolute atomic E-state index is 5.51. The van der Waals surface area contributed by atoms with Gasteiger partial charge in [0, 0.05) is 35.6 Å². The summed E-state index contributed by atoms with van der Waals surface area (Å²) in [6.07, 6.45) is 15.4. The Morgan fingerprint density at radius 3 is 2.14 bits per heavy atom. The molecule has 0 N–H and O–H groups in total. The predicted molar refractivity (Wildman–Crippen MR) is 77.5 cm³/mol. The molecular weight excluding hydrogens is 260 g/mol. The first-order valence-electron chi connectivity index (χ1n) is 6.83. The predicted octanol–water partition coefficient (Wildman–Crippen LogP) is 2.09. The van der Waals surface area contributed by atoms with E-state index in [1.54, 1.807) is 30.9 Å². The monoisotopic (exact) mass is 272 g/mol. The van der Waals surface area contributed by atoms with Crippen LogP contribution in [-0.4, -0.2) is 19.9 Å². The molecule has 2 aromatic heterocycles. The lowest BCUT2D eigenvalue weighted by Crippen LogP contribution is -2.59. The molecule has 3 aliphatic rings. The van der Waals surface area contributed by atoms with Gasteiger partial charge in [0.2, 0.25) is 0 Å². The van der Waals surface area contributed by atoms with E-state index in [1.807, 2.05) is 0 Å². The van der Waals surface area contributed by atoms with Crippen molar-refractivity contribution in [1.29, 1.82) is 0 Å². The van der Waals surface area contributed by atoms with Crippen molar-refractivity contribution in [3.05, 3.63) is 36.4 Å². The Morgan fingerprint density at radius 2 is 1.52 bits per heavy atom. The van der Waals surface area contributed by atoms with Crippen LogP contribution in [0.3, 0.4) is 0 Å². The molecule has 0 radical (unpaired) electrons. The molecule has 0 aromatic carbocycles. The first-order valence-corrected chi connectivity index (χ1v) is 6.83. The van der Waals surface area contributed by atoms with Gasteiger partial charge in [-0.1, -0.05) is 17.8 Å². The van der Waals surface area contributed by atoms with E-state index in [0.717, 1.165) is 24.8 Å². The number of hydrogen-bond donors (Lipinski definition) is 0. The summed E-state index contributed by atoms with van der Waals surface area (Å²) < 4.78 is 0. The largest absolute Gasteiger partial charge is 0.234 e. The van der Waals surface area contributed by atoms with Crippen LogP contribution in [0.25, 0.3) is 11.6 Å². The summed E-state index contributed by atoms with van der Waals surface area (Å²) in [6, 6.07) is 1.76. The molecule has 2 aromatic rings. The van der Waals surface area contributed by atoms with Gasteiger partial charge < -0.3 is 0 Å². The van der Waals surface area contributed by atoms with Crippen LogP contribution in [0, 0.1) is 35.0 Å². The first kappa shape index (κ1) is 12.1. The van der Waals surface area contributed by atoms with E-state index in [9.17, 15) is 0 Å². The average molecular weight is 272 g/mol. The highest BCUT2D eigenvalue weighted by Gasteiger charge is 2.66. The van der Waals surface area contributed by atoms with Gasteiger partial charge in [-0.2, -0.15) is 0 Å². The molecule has 5 rings (SSSR count). The molecule has 4 nitrogen and oxygen atoms in total. The SMILES string of the molecule is C#CC12CC(C#Cc3cnc(-c4ncccn4)nc3)(C1)C2. The van der Waals surface area contributed by atoms with Crippen molar-refractivity contribution in [2.24, 2.45) is 10.8 Å². The summed E-state index contributed by atoms with van der Waals surface area (Å²) in [5.41, 5.74) is 1.14. The average Bonchev–Trinajstić information content (AvgIpc) is 2.46. The van der Waals surface area contributed by atoms with Gasteiger partial charge in [0.05, 0.1) is 5.56 Å². The van der Waals surface area contributed by atoms with Crippen molar-refractivity contribution in [2.45, 2.75) is 19.3 Å². The number of aromatic nitrogens is 4. The Balaban J connectivity index is 1.51. The smallest absolute Gasteiger partial charge is 0.197 e. The molecular formula is C17H12N4. The molecule has 0 amide bonds. The van der Waals surface area contributed by atoms with Gasteiger partial charge in [-0.25, -0.2) is 19.9 Å². The molecule has 0 atom stereocenters. The van der Waals surface area contributed by atoms with Gasteiger partial charge in [-0.05, 0) is 25.3 Å². The Bertz CT molecular complexity index is 771. The third-order valence-electron chi connectivity index (χ3n) is 4.23. The fourth-order valence-electron chi connectivity index (χ4n) is 3.20. The molecule has 4 heteroatoms. The molecule has 0 aliphatic heterocycles. The lowest BCUT2D eigenvalue weighted by molar-refractivity contribution is -0.113. The summed E-state index contributed by atoms with van der Waals surface area (Å²) in [7, 11) is 0. The van der Waals surface area contributed by atoms with Crippen LogP contribution in [0.5, 0.6) is 0 Å². The molecule has 100 valence electrons. The summed E-state index contributed by atoms with van der Waals surface area (Å²) >= 11 is 0. The molecule has 21 heavy (non-hydrogen) atoms. The molecule has 2 heterocycles. The Morgan fingerprint density at radius 1 is 0.905 bits per heavy atom. The topological polar surface area (TPSA) is 51.6 Å². The fraction of sp³-hybridized carbons (Fsp3) is 0.294. The second-order valence-corrected chi connectivity index (χ2v) is 5.85. The molecule has 3 fully saturated rings. The van der Waals surface area contributed by atoms with Gasteiger partial charge >= 0.3 is 0 Å². The maximum Gasteiger partial charge on any atom is 0.197 e. The van der Waals surface area contributed by atoms with Crippen molar-refractivity contribution in [1.82, 2.24) is 19.9 Å². The molecule has 2 bridgehead atoms. The summed E-state index contributed by atoms with van der Waals surface area (Å²) in [6.45, 7) is 0. The summed E-state index contributed by atoms with van der Waals surface area (Å²) in [5, 5.41) is 0. The quantitative estimate of drug-likeness (QED) is 0.746. The van der Waals surface area contributed by atoms with Crippen LogP contribution in [0.4, 0.5) is 0 Å². The van der Waals surface area contributed by atoms with Gasteiger partial charge in [0.1, 0.15) is 0 Å². The number of terminal acetylenes is 1. The van der Waals surface area contributed by atoms with E-state index in [4.69, 9.17) is 6.42 Å². The zero-order valence-corrected chi connectivity index (χ0v) is 11.4. The van der Waals surface area contributed by atoms with E-state index in [0.29, 0.717) is 11.6 Å². The second-order valence-electron chi connectivity index (χ2n) is 5.85. The third-order valence-corrected chi connectivity index (χ3v) is 4.23. The van der Waals surface area contributed by atoms with E-state index in [1.165, 1.54) is 0 Å². The van der Waals surface area contributed by atoms with Crippen molar-refractivity contribution < 1.29 is 0 Å². The second kappa shape index (κ2) is 4.14. The lowest BCUT2D eigenvalue weighted by atomic mass is 9.36. The molecule has 3 saturated carbocycles. The van der Waals surface area contributed by atoms with Crippen LogP contribution in [0.15, 0.2) is 30.9 Å². The summed E-state index contributed by atoms with van der Waals surface area (Å²) in [4.78, 5) is 16.8. The van der Waals surface area contributed by atoms with Crippen LogP contribution in [-0.2, 0) is 0 Å². The lowest BCUT2D eigenvalue weighted by Gasteiger charge is -2.65. The third kappa shape index (κ3) is 1.88. The van der Waals surface area contributed by atoms with E-state index >= 15 is 0 Å². The zero-order valence-electron chi connectivity index (χ0n) is 11.4. The maximum atomic E-state index is 5.51.